The summed E-state index contributed by atoms with van der Waals surface area (Å²) in [4.78, 5) is 28.2. The van der Waals surface area contributed by atoms with Crippen molar-refractivity contribution in [3.8, 4) is 5.75 Å². The van der Waals surface area contributed by atoms with Crippen molar-refractivity contribution >= 4 is 39.5 Å². The van der Waals surface area contributed by atoms with Crippen LogP contribution in [-0.4, -0.2) is 39.8 Å². The van der Waals surface area contributed by atoms with Gasteiger partial charge in [-0.05, 0) is 68.0 Å². The van der Waals surface area contributed by atoms with E-state index in [1.807, 2.05) is 25.1 Å². The number of allylic oxidation sites excluding steroid dienone is 2. The van der Waals surface area contributed by atoms with Crippen LogP contribution in [0.5, 0.6) is 5.75 Å². The van der Waals surface area contributed by atoms with Gasteiger partial charge in [0, 0.05) is 16.0 Å². The second kappa shape index (κ2) is 12.4. The number of fused-ring (bicyclic) bond motifs is 1. The number of phenolic OH excluding ortho intramolecular Hbond substituents is 1. The zero-order valence-corrected chi connectivity index (χ0v) is 23.5. The van der Waals surface area contributed by atoms with Gasteiger partial charge < -0.3 is 15.3 Å². The molecule has 4 atom stereocenters. The number of hydrogen-bond donors (Lipinski definition) is 3. The standard InChI is InChI=1S/C31H36BrNO5/c1-3-8-19(15-21-16-22(32)12-14-26(21)35)11-13-27(36)28-20(4-2)17-24-29(25(28)18-34)31(38)33(30(24)37)23-9-6-5-7-10-23/h5-7,9-10,12,14-16,24-25,27,29,34-36H,3-4,8,11,13,17-18H2,1-2H3/b19-15+/t24-,25+,27-,29-/m1/s1. The smallest absolute Gasteiger partial charge is 0.238 e. The lowest BCUT2D eigenvalue weighted by atomic mass is 9.67. The lowest BCUT2D eigenvalue weighted by Gasteiger charge is -2.36. The Morgan fingerprint density at radius 3 is 2.50 bits per heavy atom. The van der Waals surface area contributed by atoms with Gasteiger partial charge in [0.15, 0.2) is 0 Å². The maximum Gasteiger partial charge on any atom is 0.238 e. The average molecular weight is 583 g/mol. The van der Waals surface area contributed by atoms with Gasteiger partial charge in [-0.2, -0.15) is 0 Å². The number of nitrogens with zero attached hydrogens (tertiary/aromatic N) is 1. The highest BCUT2D eigenvalue weighted by Gasteiger charge is 2.55. The van der Waals surface area contributed by atoms with E-state index < -0.39 is 23.9 Å². The lowest BCUT2D eigenvalue weighted by molar-refractivity contribution is -0.123. The molecule has 0 radical (unpaired) electrons. The molecule has 38 heavy (non-hydrogen) atoms. The third kappa shape index (κ3) is 5.65. The molecular weight excluding hydrogens is 546 g/mol. The van der Waals surface area contributed by atoms with E-state index in [2.05, 4.69) is 22.9 Å². The number of benzene rings is 2. The first-order chi connectivity index (χ1) is 18.3. The van der Waals surface area contributed by atoms with Crippen molar-refractivity contribution in [3.63, 3.8) is 0 Å². The Balaban J connectivity index is 1.59. The molecule has 7 heteroatoms. The number of phenols is 1. The van der Waals surface area contributed by atoms with E-state index in [1.165, 1.54) is 4.90 Å². The number of para-hydroxylation sites is 1. The second-order valence-corrected chi connectivity index (χ2v) is 11.1. The third-order valence-corrected chi connectivity index (χ3v) is 8.33. The predicted octanol–water partition coefficient (Wildman–Crippen LogP) is 6.00. The molecule has 2 amide bonds. The summed E-state index contributed by atoms with van der Waals surface area (Å²) >= 11 is 3.45. The maximum atomic E-state index is 13.6. The minimum Gasteiger partial charge on any atom is -0.507 e. The normalized spacial score (nSPS) is 22.7. The molecule has 4 rings (SSSR count). The molecule has 2 aliphatic rings. The zero-order chi connectivity index (χ0) is 27.4. The van der Waals surface area contributed by atoms with Gasteiger partial charge in [-0.25, -0.2) is 0 Å². The molecule has 6 nitrogen and oxygen atoms in total. The number of imide groups is 1. The van der Waals surface area contributed by atoms with Gasteiger partial charge in [0.25, 0.3) is 0 Å². The minimum atomic E-state index is -0.840. The van der Waals surface area contributed by atoms with Crippen LogP contribution in [0.2, 0.25) is 0 Å². The van der Waals surface area contributed by atoms with Crippen LogP contribution in [0.3, 0.4) is 0 Å². The fourth-order valence-electron chi connectivity index (χ4n) is 6.06. The van der Waals surface area contributed by atoms with Gasteiger partial charge in [-0.1, -0.05) is 71.6 Å². The Kier molecular flexibility index (Phi) is 9.23. The summed E-state index contributed by atoms with van der Waals surface area (Å²) in [6.07, 6.45) is 4.98. The number of rotatable bonds is 10. The summed E-state index contributed by atoms with van der Waals surface area (Å²) < 4.78 is 0.873. The van der Waals surface area contributed by atoms with E-state index in [4.69, 9.17) is 0 Å². The predicted molar refractivity (Wildman–Crippen MR) is 152 cm³/mol. The van der Waals surface area contributed by atoms with Crippen molar-refractivity contribution in [2.75, 3.05) is 11.5 Å². The van der Waals surface area contributed by atoms with Crippen LogP contribution < -0.4 is 4.90 Å². The zero-order valence-electron chi connectivity index (χ0n) is 21.9. The van der Waals surface area contributed by atoms with E-state index in [-0.39, 0.29) is 24.2 Å². The number of anilines is 1. The van der Waals surface area contributed by atoms with Crippen LogP contribution in [0.4, 0.5) is 5.69 Å². The Morgan fingerprint density at radius 1 is 1.11 bits per heavy atom. The van der Waals surface area contributed by atoms with Crippen LogP contribution in [0, 0.1) is 17.8 Å². The molecule has 0 unspecified atom stereocenters. The van der Waals surface area contributed by atoms with Crippen LogP contribution >= 0.6 is 15.9 Å². The van der Waals surface area contributed by atoms with Crippen molar-refractivity contribution in [1.29, 1.82) is 0 Å². The van der Waals surface area contributed by atoms with E-state index >= 15 is 0 Å². The lowest BCUT2D eigenvalue weighted by Crippen LogP contribution is -2.39. The number of amides is 2. The SMILES string of the molecule is CCC/C(=C\c1cc(Br)ccc1O)CC[C@@H](O)C1=C(CC)C[C@H]2C(=O)N(c3ccccc3)C(=O)[C@H]2[C@H]1CO. The number of hydrogen-bond acceptors (Lipinski definition) is 5. The number of aliphatic hydroxyl groups is 2. The van der Waals surface area contributed by atoms with Gasteiger partial charge in [0.2, 0.25) is 11.8 Å². The quantitative estimate of drug-likeness (QED) is 0.236. The molecule has 2 aromatic rings. The molecule has 202 valence electrons. The Bertz CT molecular complexity index is 1240. The highest BCUT2D eigenvalue weighted by atomic mass is 79.9. The Hall–Kier alpha value is -2.74. The second-order valence-electron chi connectivity index (χ2n) is 10.2. The summed E-state index contributed by atoms with van der Waals surface area (Å²) in [6.45, 7) is 3.78. The van der Waals surface area contributed by atoms with Gasteiger partial charge in [0.1, 0.15) is 5.75 Å². The highest BCUT2D eigenvalue weighted by molar-refractivity contribution is 9.10. The Labute approximate surface area is 232 Å². The number of carbonyl (C=O) groups excluding carboxylic acids is 2. The number of aromatic hydroxyl groups is 1. The van der Waals surface area contributed by atoms with Crippen molar-refractivity contribution in [3.05, 3.63) is 75.3 Å². The van der Waals surface area contributed by atoms with Crippen molar-refractivity contribution in [1.82, 2.24) is 0 Å². The summed E-state index contributed by atoms with van der Waals surface area (Å²) in [7, 11) is 0. The van der Waals surface area contributed by atoms with E-state index in [0.717, 1.165) is 34.0 Å². The van der Waals surface area contributed by atoms with Gasteiger partial charge in [0.05, 0.1) is 30.2 Å². The number of halogens is 1. The fourth-order valence-corrected chi connectivity index (χ4v) is 6.44. The van der Waals surface area contributed by atoms with Crippen LogP contribution in [0.15, 0.2) is 69.7 Å². The maximum absolute atomic E-state index is 13.6. The molecule has 3 N–H and O–H groups in total. The number of carbonyl (C=O) groups is 2. The van der Waals surface area contributed by atoms with Gasteiger partial charge >= 0.3 is 0 Å². The third-order valence-electron chi connectivity index (χ3n) is 7.84. The van der Waals surface area contributed by atoms with Gasteiger partial charge in [-0.15, -0.1) is 0 Å². The molecule has 1 aliphatic carbocycles. The van der Waals surface area contributed by atoms with Gasteiger partial charge in [-0.3, -0.25) is 14.5 Å². The molecule has 0 bridgehead atoms. The monoisotopic (exact) mass is 581 g/mol. The molecular formula is C31H36BrNO5. The molecule has 1 fully saturated rings. The first kappa shape index (κ1) is 28.3. The molecule has 1 heterocycles. The van der Waals surface area contributed by atoms with Crippen molar-refractivity contribution in [2.45, 2.75) is 58.5 Å². The highest BCUT2D eigenvalue weighted by Crippen LogP contribution is 2.48. The first-order valence-electron chi connectivity index (χ1n) is 13.4. The molecule has 0 spiro atoms. The summed E-state index contributed by atoms with van der Waals surface area (Å²) in [5.41, 5.74) is 4.04. The Morgan fingerprint density at radius 2 is 1.84 bits per heavy atom. The van der Waals surface area contributed by atoms with E-state index in [9.17, 15) is 24.9 Å². The number of aliphatic hydroxyl groups excluding tert-OH is 2. The summed E-state index contributed by atoms with van der Waals surface area (Å²) in [5, 5.41) is 32.2. The molecule has 1 saturated heterocycles. The fraction of sp³-hybridized carbons (Fsp3) is 0.419. The summed E-state index contributed by atoms with van der Waals surface area (Å²) in [5.74, 6) is -2.15. The minimum absolute atomic E-state index is 0.198. The first-order valence-corrected chi connectivity index (χ1v) is 14.2. The topological polar surface area (TPSA) is 98.1 Å². The molecule has 2 aromatic carbocycles. The van der Waals surface area contributed by atoms with E-state index in [0.29, 0.717) is 36.9 Å². The largest absolute Gasteiger partial charge is 0.507 e. The van der Waals surface area contributed by atoms with Crippen LogP contribution in [0.1, 0.15) is 57.9 Å². The molecule has 0 aromatic heterocycles. The molecule has 0 saturated carbocycles. The summed E-state index contributed by atoms with van der Waals surface area (Å²) in [6, 6.07) is 14.2. The van der Waals surface area contributed by atoms with Crippen molar-refractivity contribution < 1.29 is 24.9 Å². The van der Waals surface area contributed by atoms with Crippen LogP contribution in [-0.2, 0) is 9.59 Å². The van der Waals surface area contributed by atoms with Crippen molar-refractivity contribution in [2.24, 2.45) is 17.8 Å². The van der Waals surface area contributed by atoms with E-state index in [1.54, 1.807) is 36.4 Å². The van der Waals surface area contributed by atoms with Crippen LogP contribution in [0.25, 0.3) is 6.08 Å². The average Bonchev–Trinajstić information content (AvgIpc) is 3.17. The molecule has 1 aliphatic heterocycles.